The number of carbonyl (C=O) groups excluding carboxylic acids is 2. The SMILES string of the molecule is CC(c1ccccc1)C(CSC(=O)c1ccccc1)C(=O)N[C@@H](C)C(=O)O. The number of nitrogens with one attached hydrogen (secondary N) is 1. The minimum absolute atomic E-state index is 0.111. The molecule has 2 N–H and O–H groups in total. The number of benzene rings is 2. The molecule has 0 aliphatic rings. The van der Waals surface area contributed by atoms with Crippen molar-refractivity contribution < 1.29 is 19.5 Å². The van der Waals surface area contributed by atoms with Crippen molar-refractivity contribution >= 4 is 28.8 Å². The van der Waals surface area contributed by atoms with E-state index in [0.29, 0.717) is 5.56 Å². The molecule has 3 atom stereocenters. The Balaban J connectivity index is 2.14. The average molecular weight is 385 g/mol. The number of aliphatic carboxylic acids is 1. The van der Waals surface area contributed by atoms with Gasteiger partial charge < -0.3 is 10.4 Å². The molecule has 0 aliphatic carbocycles. The van der Waals surface area contributed by atoms with Gasteiger partial charge in [0.05, 0.1) is 5.92 Å². The zero-order valence-electron chi connectivity index (χ0n) is 15.3. The topological polar surface area (TPSA) is 83.5 Å². The first kappa shape index (κ1) is 20.7. The maximum Gasteiger partial charge on any atom is 0.325 e. The van der Waals surface area contributed by atoms with Crippen LogP contribution in [0, 0.1) is 5.92 Å². The fraction of sp³-hybridized carbons (Fsp3) is 0.286. The zero-order valence-corrected chi connectivity index (χ0v) is 16.1. The van der Waals surface area contributed by atoms with Crippen LogP contribution in [0.5, 0.6) is 0 Å². The molecule has 5 nitrogen and oxygen atoms in total. The number of carboxylic acids is 1. The molecule has 2 aromatic carbocycles. The normalized spacial score (nSPS) is 14.0. The van der Waals surface area contributed by atoms with Crippen molar-refractivity contribution in [3.05, 3.63) is 71.8 Å². The van der Waals surface area contributed by atoms with Crippen molar-refractivity contribution in [2.75, 3.05) is 5.75 Å². The zero-order chi connectivity index (χ0) is 19.8. The second kappa shape index (κ2) is 9.92. The summed E-state index contributed by atoms with van der Waals surface area (Å²) in [7, 11) is 0. The van der Waals surface area contributed by atoms with Gasteiger partial charge in [0.15, 0.2) is 0 Å². The Labute approximate surface area is 163 Å². The van der Waals surface area contributed by atoms with E-state index in [1.54, 1.807) is 24.3 Å². The maximum absolute atomic E-state index is 12.7. The van der Waals surface area contributed by atoms with Crippen LogP contribution in [0.1, 0.15) is 35.7 Å². The lowest BCUT2D eigenvalue weighted by molar-refractivity contribution is -0.141. The molecular weight excluding hydrogens is 362 g/mol. The Kier molecular flexibility index (Phi) is 7.61. The number of carboxylic acid groups (broad SMARTS) is 1. The van der Waals surface area contributed by atoms with E-state index in [9.17, 15) is 14.4 Å². The van der Waals surface area contributed by atoms with Gasteiger partial charge in [-0.2, -0.15) is 0 Å². The van der Waals surface area contributed by atoms with E-state index in [2.05, 4.69) is 5.32 Å². The number of amides is 1. The van der Waals surface area contributed by atoms with Gasteiger partial charge in [0.25, 0.3) is 0 Å². The summed E-state index contributed by atoms with van der Waals surface area (Å²) in [5, 5.41) is 11.5. The van der Waals surface area contributed by atoms with Gasteiger partial charge in [-0.25, -0.2) is 0 Å². The third-order valence-corrected chi connectivity index (χ3v) is 5.42. The Morgan fingerprint density at radius 1 is 0.963 bits per heavy atom. The average Bonchev–Trinajstić information content (AvgIpc) is 2.69. The first-order chi connectivity index (χ1) is 12.9. The lowest BCUT2D eigenvalue weighted by Gasteiger charge is -2.24. The summed E-state index contributed by atoms with van der Waals surface area (Å²) >= 11 is 1.08. The van der Waals surface area contributed by atoms with Crippen LogP contribution in [0.15, 0.2) is 60.7 Å². The van der Waals surface area contributed by atoms with Crippen molar-refractivity contribution in [1.29, 1.82) is 0 Å². The van der Waals surface area contributed by atoms with Crippen molar-refractivity contribution in [3.63, 3.8) is 0 Å². The van der Waals surface area contributed by atoms with Gasteiger partial charge in [-0.3, -0.25) is 14.4 Å². The smallest absolute Gasteiger partial charge is 0.325 e. The van der Waals surface area contributed by atoms with Gasteiger partial charge in [-0.15, -0.1) is 0 Å². The molecular formula is C21H23NO4S. The first-order valence-electron chi connectivity index (χ1n) is 8.70. The molecule has 142 valence electrons. The predicted molar refractivity (Wildman–Crippen MR) is 107 cm³/mol. The monoisotopic (exact) mass is 385 g/mol. The number of hydrogen-bond acceptors (Lipinski definition) is 4. The van der Waals surface area contributed by atoms with Gasteiger partial charge in [0, 0.05) is 11.3 Å². The van der Waals surface area contributed by atoms with Crippen LogP contribution in [-0.4, -0.2) is 33.9 Å². The van der Waals surface area contributed by atoms with Gasteiger partial charge in [-0.1, -0.05) is 79.3 Å². The first-order valence-corrected chi connectivity index (χ1v) is 9.69. The van der Waals surface area contributed by atoms with E-state index in [1.807, 2.05) is 43.3 Å². The quantitative estimate of drug-likeness (QED) is 0.726. The largest absolute Gasteiger partial charge is 0.480 e. The highest BCUT2D eigenvalue weighted by Gasteiger charge is 2.29. The minimum Gasteiger partial charge on any atom is -0.480 e. The van der Waals surface area contributed by atoms with Crippen molar-refractivity contribution in [1.82, 2.24) is 5.32 Å². The van der Waals surface area contributed by atoms with E-state index in [0.717, 1.165) is 17.3 Å². The van der Waals surface area contributed by atoms with Crippen LogP contribution in [0.25, 0.3) is 0 Å². The molecule has 2 aromatic rings. The van der Waals surface area contributed by atoms with Crippen LogP contribution >= 0.6 is 11.8 Å². The van der Waals surface area contributed by atoms with Gasteiger partial charge in [0.2, 0.25) is 11.0 Å². The Bertz CT molecular complexity index is 779. The molecule has 27 heavy (non-hydrogen) atoms. The Hall–Kier alpha value is -2.60. The van der Waals surface area contributed by atoms with Crippen LogP contribution in [-0.2, 0) is 9.59 Å². The fourth-order valence-corrected chi connectivity index (χ4v) is 3.71. The van der Waals surface area contributed by atoms with E-state index < -0.39 is 17.9 Å². The molecule has 0 aromatic heterocycles. The minimum atomic E-state index is -1.09. The maximum atomic E-state index is 12.7. The summed E-state index contributed by atoms with van der Waals surface area (Å²) < 4.78 is 0. The van der Waals surface area contributed by atoms with Crippen LogP contribution in [0.3, 0.4) is 0 Å². The van der Waals surface area contributed by atoms with Gasteiger partial charge in [0.1, 0.15) is 6.04 Å². The summed E-state index contributed by atoms with van der Waals surface area (Å²) in [5.41, 5.74) is 1.54. The third kappa shape index (κ3) is 5.96. The molecule has 0 bridgehead atoms. The summed E-state index contributed by atoms with van der Waals surface area (Å²) in [6.45, 7) is 3.34. The van der Waals surface area contributed by atoms with Gasteiger partial charge >= 0.3 is 5.97 Å². The molecule has 0 fully saturated rings. The lowest BCUT2D eigenvalue weighted by Crippen LogP contribution is -2.43. The number of carbonyl (C=O) groups is 3. The van der Waals surface area contributed by atoms with Gasteiger partial charge in [-0.05, 0) is 18.4 Å². The van der Waals surface area contributed by atoms with E-state index in [4.69, 9.17) is 5.11 Å². The molecule has 0 heterocycles. The highest BCUT2D eigenvalue weighted by molar-refractivity contribution is 8.14. The van der Waals surface area contributed by atoms with Crippen LogP contribution < -0.4 is 5.32 Å². The highest BCUT2D eigenvalue weighted by Crippen LogP contribution is 2.29. The van der Waals surface area contributed by atoms with Crippen LogP contribution in [0.4, 0.5) is 0 Å². The molecule has 1 amide bonds. The molecule has 2 unspecified atom stereocenters. The predicted octanol–water partition coefficient (Wildman–Crippen LogP) is 3.57. The van der Waals surface area contributed by atoms with Crippen molar-refractivity contribution in [3.8, 4) is 0 Å². The number of hydrogen-bond donors (Lipinski definition) is 2. The van der Waals surface area contributed by atoms with E-state index >= 15 is 0 Å². The molecule has 0 radical (unpaired) electrons. The second-order valence-electron chi connectivity index (χ2n) is 6.34. The van der Waals surface area contributed by atoms with E-state index in [1.165, 1.54) is 6.92 Å². The summed E-state index contributed by atoms with van der Waals surface area (Å²) in [4.78, 5) is 36.2. The van der Waals surface area contributed by atoms with Crippen molar-refractivity contribution in [2.24, 2.45) is 5.92 Å². The summed E-state index contributed by atoms with van der Waals surface area (Å²) in [5.74, 6) is -1.89. The third-order valence-electron chi connectivity index (χ3n) is 4.40. The fourth-order valence-electron chi connectivity index (χ4n) is 2.64. The van der Waals surface area contributed by atoms with E-state index in [-0.39, 0.29) is 22.7 Å². The summed E-state index contributed by atoms with van der Waals surface area (Å²) in [6.07, 6.45) is 0. The molecule has 0 saturated carbocycles. The summed E-state index contributed by atoms with van der Waals surface area (Å²) in [6, 6.07) is 17.4. The Morgan fingerprint density at radius 3 is 2.07 bits per heavy atom. The molecule has 2 rings (SSSR count). The Morgan fingerprint density at radius 2 is 1.52 bits per heavy atom. The lowest BCUT2D eigenvalue weighted by atomic mass is 9.88. The second-order valence-corrected chi connectivity index (χ2v) is 7.33. The standard InChI is InChI=1S/C21H23NO4S/c1-14(16-9-5-3-6-10-16)18(19(23)22-15(2)20(24)25)13-27-21(26)17-11-7-4-8-12-17/h3-12,14-15,18H,13H2,1-2H3,(H,22,23)(H,24,25)/t14?,15-,18?/m0/s1. The molecule has 0 aliphatic heterocycles. The van der Waals surface area contributed by atoms with Crippen LogP contribution in [0.2, 0.25) is 0 Å². The molecule has 0 spiro atoms. The molecule has 6 heteroatoms. The number of thioether (sulfide) groups is 1. The molecule has 0 saturated heterocycles. The number of rotatable bonds is 8. The highest BCUT2D eigenvalue weighted by atomic mass is 32.2. The van der Waals surface area contributed by atoms with Crippen molar-refractivity contribution in [2.45, 2.75) is 25.8 Å².